The molecule has 3 unspecified atom stereocenters. The molecule has 4 heteroatoms. The quantitative estimate of drug-likeness (QED) is 0.748. The molecule has 3 atom stereocenters. The van der Waals surface area contributed by atoms with Crippen LogP contribution >= 0.6 is 0 Å². The third kappa shape index (κ3) is 2.99. The van der Waals surface area contributed by atoms with Crippen molar-refractivity contribution in [3.05, 3.63) is 0 Å². The molecule has 1 amide bonds. The SMILES string of the molecule is CCCNC(=O)C(C)N1CCC2CNCC2C1. The van der Waals surface area contributed by atoms with Gasteiger partial charge in [-0.1, -0.05) is 6.92 Å². The zero-order chi connectivity index (χ0) is 12.3. The highest BCUT2D eigenvalue weighted by molar-refractivity contribution is 5.81. The lowest BCUT2D eigenvalue weighted by atomic mass is 9.88. The summed E-state index contributed by atoms with van der Waals surface area (Å²) < 4.78 is 0. The lowest BCUT2D eigenvalue weighted by Crippen LogP contribution is -2.50. The van der Waals surface area contributed by atoms with Crippen LogP contribution in [0.1, 0.15) is 26.7 Å². The van der Waals surface area contributed by atoms with Crippen molar-refractivity contribution < 1.29 is 4.79 Å². The number of nitrogens with one attached hydrogen (secondary N) is 2. The molecule has 0 bridgehead atoms. The number of piperidine rings is 1. The number of nitrogens with zero attached hydrogens (tertiary/aromatic N) is 1. The number of hydrogen-bond acceptors (Lipinski definition) is 3. The Morgan fingerprint density at radius 1 is 1.47 bits per heavy atom. The van der Waals surface area contributed by atoms with E-state index in [1.54, 1.807) is 0 Å². The third-order valence-electron chi connectivity index (χ3n) is 4.21. The van der Waals surface area contributed by atoms with Crippen LogP contribution in [0.25, 0.3) is 0 Å². The minimum Gasteiger partial charge on any atom is -0.355 e. The van der Waals surface area contributed by atoms with Gasteiger partial charge in [0, 0.05) is 13.1 Å². The molecule has 2 saturated heterocycles. The zero-order valence-corrected chi connectivity index (χ0v) is 11.0. The second-order valence-corrected chi connectivity index (χ2v) is 5.43. The van der Waals surface area contributed by atoms with E-state index in [0.29, 0.717) is 0 Å². The highest BCUT2D eigenvalue weighted by Crippen LogP contribution is 2.27. The van der Waals surface area contributed by atoms with Crippen molar-refractivity contribution in [3.8, 4) is 0 Å². The minimum absolute atomic E-state index is 0.0306. The predicted octanol–water partition coefficient (Wildman–Crippen LogP) is 0.442. The van der Waals surface area contributed by atoms with Gasteiger partial charge in [0.2, 0.25) is 5.91 Å². The average molecular weight is 239 g/mol. The summed E-state index contributed by atoms with van der Waals surface area (Å²) in [7, 11) is 0. The fraction of sp³-hybridized carbons (Fsp3) is 0.923. The maximum Gasteiger partial charge on any atom is 0.237 e. The monoisotopic (exact) mass is 239 g/mol. The highest BCUT2D eigenvalue weighted by Gasteiger charge is 2.35. The summed E-state index contributed by atoms with van der Waals surface area (Å²) in [6, 6.07) is 0.0306. The van der Waals surface area contributed by atoms with Gasteiger partial charge in [-0.15, -0.1) is 0 Å². The van der Waals surface area contributed by atoms with E-state index in [1.165, 1.54) is 13.0 Å². The van der Waals surface area contributed by atoms with Gasteiger partial charge in [-0.05, 0) is 51.2 Å². The first-order valence-corrected chi connectivity index (χ1v) is 6.94. The number of rotatable bonds is 4. The van der Waals surface area contributed by atoms with Gasteiger partial charge in [0.25, 0.3) is 0 Å². The van der Waals surface area contributed by atoms with E-state index in [1.807, 2.05) is 6.92 Å². The van der Waals surface area contributed by atoms with Gasteiger partial charge in [-0.3, -0.25) is 9.69 Å². The van der Waals surface area contributed by atoms with Gasteiger partial charge in [0.1, 0.15) is 0 Å². The van der Waals surface area contributed by atoms with Gasteiger partial charge in [0.15, 0.2) is 0 Å². The second-order valence-electron chi connectivity index (χ2n) is 5.43. The van der Waals surface area contributed by atoms with Gasteiger partial charge in [-0.25, -0.2) is 0 Å². The van der Waals surface area contributed by atoms with Crippen LogP contribution < -0.4 is 10.6 Å². The summed E-state index contributed by atoms with van der Waals surface area (Å²) in [4.78, 5) is 14.3. The Kier molecular flexibility index (Phi) is 4.40. The standard InChI is InChI=1S/C13H25N3O/c1-3-5-15-13(17)10(2)16-6-4-11-7-14-8-12(11)9-16/h10-12,14H,3-9H2,1-2H3,(H,15,17). The van der Waals surface area contributed by atoms with Gasteiger partial charge < -0.3 is 10.6 Å². The Labute approximate surface area is 104 Å². The van der Waals surface area contributed by atoms with Crippen LogP contribution in [0.15, 0.2) is 0 Å². The van der Waals surface area contributed by atoms with E-state index in [2.05, 4.69) is 22.5 Å². The van der Waals surface area contributed by atoms with E-state index in [-0.39, 0.29) is 11.9 Å². The van der Waals surface area contributed by atoms with Crippen LogP contribution in [0, 0.1) is 11.8 Å². The summed E-state index contributed by atoms with van der Waals surface area (Å²) in [5, 5.41) is 6.45. The lowest BCUT2D eigenvalue weighted by Gasteiger charge is -2.37. The molecule has 4 nitrogen and oxygen atoms in total. The van der Waals surface area contributed by atoms with Crippen LogP contribution in [0.4, 0.5) is 0 Å². The summed E-state index contributed by atoms with van der Waals surface area (Å²) in [5.41, 5.74) is 0. The Balaban J connectivity index is 1.83. The first kappa shape index (κ1) is 12.8. The van der Waals surface area contributed by atoms with Crippen molar-refractivity contribution in [1.29, 1.82) is 0 Å². The molecule has 0 aliphatic carbocycles. The molecule has 0 aromatic rings. The normalized spacial score (nSPS) is 30.9. The van der Waals surface area contributed by atoms with Crippen LogP contribution in [-0.4, -0.2) is 49.6 Å². The Morgan fingerprint density at radius 3 is 3.00 bits per heavy atom. The van der Waals surface area contributed by atoms with Crippen LogP contribution in [0.3, 0.4) is 0 Å². The molecule has 17 heavy (non-hydrogen) atoms. The molecule has 0 saturated carbocycles. The van der Waals surface area contributed by atoms with Crippen LogP contribution in [-0.2, 0) is 4.79 Å². The molecule has 0 aromatic carbocycles. The van der Waals surface area contributed by atoms with Gasteiger partial charge in [-0.2, -0.15) is 0 Å². The zero-order valence-electron chi connectivity index (χ0n) is 11.0. The van der Waals surface area contributed by atoms with E-state index < -0.39 is 0 Å². The summed E-state index contributed by atoms with van der Waals surface area (Å²) in [6.07, 6.45) is 2.25. The van der Waals surface area contributed by atoms with Crippen molar-refractivity contribution in [2.24, 2.45) is 11.8 Å². The molecular weight excluding hydrogens is 214 g/mol. The molecular formula is C13H25N3O. The Hall–Kier alpha value is -0.610. The highest BCUT2D eigenvalue weighted by atomic mass is 16.2. The fourth-order valence-electron chi connectivity index (χ4n) is 2.98. The van der Waals surface area contributed by atoms with E-state index in [4.69, 9.17) is 0 Å². The number of amides is 1. The van der Waals surface area contributed by atoms with Crippen LogP contribution in [0.2, 0.25) is 0 Å². The predicted molar refractivity (Wildman–Crippen MR) is 68.8 cm³/mol. The van der Waals surface area contributed by atoms with Gasteiger partial charge in [0.05, 0.1) is 6.04 Å². The summed E-state index contributed by atoms with van der Waals surface area (Å²) >= 11 is 0. The fourth-order valence-corrected chi connectivity index (χ4v) is 2.98. The largest absolute Gasteiger partial charge is 0.355 e. The van der Waals surface area contributed by atoms with Crippen molar-refractivity contribution in [3.63, 3.8) is 0 Å². The lowest BCUT2D eigenvalue weighted by molar-refractivity contribution is -0.126. The molecule has 2 aliphatic heterocycles. The van der Waals surface area contributed by atoms with Crippen molar-refractivity contribution in [2.75, 3.05) is 32.7 Å². The molecule has 2 N–H and O–H groups in total. The van der Waals surface area contributed by atoms with Crippen LogP contribution in [0.5, 0.6) is 0 Å². The number of carbonyl (C=O) groups is 1. The first-order chi connectivity index (χ1) is 8.22. The topological polar surface area (TPSA) is 44.4 Å². The molecule has 98 valence electrons. The first-order valence-electron chi connectivity index (χ1n) is 6.94. The molecule has 2 fully saturated rings. The van der Waals surface area contributed by atoms with E-state index >= 15 is 0 Å². The van der Waals surface area contributed by atoms with E-state index in [0.717, 1.165) is 44.4 Å². The smallest absolute Gasteiger partial charge is 0.237 e. The third-order valence-corrected chi connectivity index (χ3v) is 4.21. The molecule has 2 aliphatic rings. The number of likely N-dealkylation sites (tertiary alicyclic amines) is 1. The van der Waals surface area contributed by atoms with Crippen molar-refractivity contribution in [2.45, 2.75) is 32.7 Å². The van der Waals surface area contributed by atoms with Crippen molar-refractivity contribution >= 4 is 5.91 Å². The number of carbonyl (C=O) groups excluding carboxylic acids is 1. The average Bonchev–Trinajstić information content (AvgIpc) is 2.81. The molecule has 0 aromatic heterocycles. The number of hydrogen-bond donors (Lipinski definition) is 2. The second kappa shape index (κ2) is 5.83. The molecule has 2 rings (SSSR count). The number of fused-ring (bicyclic) bond motifs is 1. The summed E-state index contributed by atoms with van der Waals surface area (Å²) in [6.45, 7) is 9.38. The maximum absolute atomic E-state index is 11.9. The molecule has 0 spiro atoms. The maximum atomic E-state index is 11.9. The minimum atomic E-state index is 0.0306. The molecule has 2 heterocycles. The van der Waals surface area contributed by atoms with E-state index in [9.17, 15) is 4.79 Å². The summed E-state index contributed by atoms with van der Waals surface area (Å²) in [5.74, 6) is 1.79. The van der Waals surface area contributed by atoms with Crippen molar-refractivity contribution in [1.82, 2.24) is 15.5 Å². The Morgan fingerprint density at radius 2 is 2.24 bits per heavy atom. The molecule has 0 radical (unpaired) electrons. The van der Waals surface area contributed by atoms with Gasteiger partial charge >= 0.3 is 0 Å². The Bertz CT molecular complexity index is 269.